The summed E-state index contributed by atoms with van der Waals surface area (Å²) in [5.74, 6) is 0. The third kappa shape index (κ3) is 2.00. The van der Waals surface area contributed by atoms with E-state index in [9.17, 15) is 0 Å². The highest BCUT2D eigenvalue weighted by Gasteiger charge is 2.10. The number of benzene rings is 1. The predicted octanol–water partition coefficient (Wildman–Crippen LogP) is 2.70. The topological polar surface area (TPSA) is 67.6 Å². The number of hydrogen-bond acceptors (Lipinski definition) is 3. The molecule has 1 aromatic carbocycles. The molecule has 0 atom stereocenters. The van der Waals surface area contributed by atoms with Crippen molar-refractivity contribution in [1.82, 2.24) is 15.2 Å². The zero-order valence-electron chi connectivity index (χ0n) is 11.1. The van der Waals surface area contributed by atoms with E-state index in [1.807, 2.05) is 19.2 Å². The second-order valence-corrected chi connectivity index (χ2v) is 4.80. The molecule has 0 bridgehead atoms. The molecule has 0 aliphatic carbocycles. The molecule has 4 heteroatoms. The first-order chi connectivity index (χ1) is 9.19. The molecule has 0 spiro atoms. The van der Waals surface area contributed by atoms with Gasteiger partial charge in [-0.15, -0.1) is 0 Å². The lowest BCUT2D eigenvalue weighted by atomic mass is 10.1. The number of hydrogen-bond donors (Lipinski definition) is 2. The van der Waals surface area contributed by atoms with Crippen molar-refractivity contribution in [2.45, 2.75) is 20.4 Å². The molecule has 0 fully saturated rings. The van der Waals surface area contributed by atoms with Gasteiger partial charge in [0, 0.05) is 29.2 Å². The summed E-state index contributed by atoms with van der Waals surface area (Å²) in [5, 5.41) is 9.64. The van der Waals surface area contributed by atoms with E-state index in [1.54, 1.807) is 0 Å². The van der Waals surface area contributed by atoms with Gasteiger partial charge in [0.2, 0.25) is 0 Å². The Kier molecular flexibility index (Phi) is 2.80. The summed E-state index contributed by atoms with van der Waals surface area (Å²) < 4.78 is 0. The van der Waals surface area contributed by atoms with Crippen molar-refractivity contribution in [2.24, 2.45) is 5.73 Å². The smallest absolute Gasteiger partial charge is 0.0954 e. The molecule has 4 nitrogen and oxygen atoms in total. The summed E-state index contributed by atoms with van der Waals surface area (Å²) in [6.45, 7) is 4.50. The number of aryl methyl sites for hydroxylation is 2. The molecule has 0 unspecified atom stereocenters. The highest BCUT2D eigenvalue weighted by atomic mass is 15.1. The minimum atomic E-state index is 0.482. The molecular formula is C15H16N4. The van der Waals surface area contributed by atoms with E-state index in [1.165, 1.54) is 10.9 Å². The quantitative estimate of drug-likeness (QED) is 0.736. The van der Waals surface area contributed by atoms with Gasteiger partial charge in [-0.3, -0.25) is 0 Å². The van der Waals surface area contributed by atoms with Gasteiger partial charge in [-0.1, -0.05) is 11.6 Å². The highest BCUT2D eigenvalue weighted by Crippen LogP contribution is 2.28. The van der Waals surface area contributed by atoms with Crippen LogP contribution in [0, 0.1) is 13.8 Å². The average Bonchev–Trinajstić information content (AvgIpc) is 2.82. The van der Waals surface area contributed by atoms with Crippen LogP contribution in [0.5, 0.6) is 0 Å². The highest BCUT2D eigenvalue weighted by molar-refractivity contribution is 5.94. The Morgan fingerprint density at radius 1 is 1.16 bits per heavy atom. The Hall–Kier alpha value is -2.20. The molecule has 2 aromatic heterocycles. The third-order valence-corrected chi connectivity index (χ3v) is 3.42. The van der Waals surface area contributed by atoms with Gasteiger partial charge >= 0.3 is 0 Å². The Bertz CT molecular complexity index is 743. The number of nitrogens with zero attached hydrogens (tertiary/aromatic N) is 2. The predicted molar refractivity (Wildman–Crippen MR) is 76.7 cm³/mol. The molecule has 0 aliphatic heterocycles. The second-order valence-electron chi connectivity index (χ2n) is 4.80. The van der Waals surface area contributed by atoms with Crippen molar-refractivity contribution < 1.29 is 0 Å². The molecule has 2 heterocycles. The van der Waals surface area contributed by atoms with Crippen LogP contribution in [-0.2, 0) is 6.54 Å². The number of aromatic amines is 1. The third-order valence-electron chi connectivity index (χ3n) is 3.42. The first-order valence-corrected chi connectivity index (χ1v) is 6.30. The molecule has 3 aromatic rings. The lowest BCUT2D eigenvalue weighted by Gasteiger charge is -2.04. The number of aromatic nitrogens is 3. The Balaban J connectivity index is 2.21. The van der Waals surface area contributed by atoms with E-state index in [2.05, 4.69) is 40.3 Å². The van der Waals surface area contributed by atoms with Crippen LogP contribution in [0.3, 0.4) is 0 Å². The van der Waals surface area contributed by atoms with Crippen LogP contribution in [0.2, 0.25) is 0 Å². The maximum atomic E-state index is 5.73. The normalized spacial score (nSPS) is 11.1. The van der Waals surface area contributed by atoms with Crippen LogP contribution < -0.4 is 5.73 Å². The molecule has 0 amide bonds. The Morgan fingerprint density at radius 2 is 2.00 bits per heavy atom. The molecular weight excluding hydrogens is 236 g/mol. The Morgan fingerprint density at radius 3 is 2.79 bits per heavy atom. The fraction of sp³-hybridized carbons (Fsp3) is 0.200. The van der Waals surface area contributed by atoms with Gasteiger partial charge in [-0.2, -0.15) is 10.2 Å². The molecule has 0 saturated carbocycles. The summed E-state index contributed by atoms with van der Waals surface area (Å²) in [6.07, 6.45) is 1.98. The van der Waals surface area contributed by atoms with Crippen molar-refractivity contribution in [3.8, 4) is 11.3 Å². The van der Waals surface area contributed by atoms with E-state index in [0.717, 1.165) is 28.0 Å². The van der Waals surface area contributed by atoms with E-state index >= 15 is 0 Å². The number of H-pyrrole nitrogens is 1. The summed E-state index contributed by atoms with van der Waals surface area (Å²) in [4.78, 5) is 3.27. The van der Waals surface area contributed by atoms with Gasteiger partial charge in [0.1, 0.15) is 0 Å². The van der Waals surface area contributed by atoms with Crippen LogP contribution in [-0.4, -0.2) is 15.2 Å². The molecule has 0 saturated heterocycles. The first-order valence-electron chi connectivity index (χ1n) is 6.30. The summed E-state index contributed by atoms with van der Waals surface area (Å²) in [6, 6.07) is 8.35. The zero-order chi connectivity index (χ0) is 13.4. The van der Waals surface area contributed by atoms with Gasteiger partial charge in [0.05, 0.1) is 11.4 Å². The van der Waals surface area contributed by atoms with Crippen LogP contribution in [0.1, 0.15) is 16.8 Å². The van der Waals surface area contributed by atoms with Crippen molar-refractivity contribution in [1.29, 1.82) is 0 Å². The van der Waals surface area contributed by atoms with Gasteiger partial charge in [-0.25, -0.2) is 0 Å². The second kappa shape index (κ2) is 4.48. The molecule has 3 rings (SSSR count). The van der Waals surface area contributed by atoms with Gasteiger partial charge in [0.25, 0.3) is 0 Å². The fourth-order valence-electron chi connectivity index (χ4n) is 2.28. The van der Waals surface area contributed by atoms with E-state index in [-0.39, 0.29) is 0 Å². The number of nitrogens with one attached hydrogen (secondary N) is 1. The van der Waals surface area contributed by atoms with Gasteiger partial charge < -0.3 is 10.7 Å². The van der Waals surface area contributed by atoms with Gasteiger partial charge in [0.15, 0.2) is 0 Å². The summed E-state index contributed by atoms with van der Waals surface area (Å²) >= 11 is 0. The summed E-state index contributed by atoms with van der Waals surface area (Å²) in [5.41, 5.74) is 11.9. The van der Waals surface area contributed by atoms with E-state index in [0.29, 0.717) is 6.54 Å². The van der Waals surface area contributed by atoms with Crippen molar-refractivity contribution in [3.63, 3.8) is 0 Å². The minimum Gasteiger partial charge on any atom is -0.360 e. The largest absolute Gasteiger partial charge is 0.360 e. The van der Waals surface area contributed by atoms with E-state index < -0.39 is 0 Å². The molecule has 96 valence electrons. The molecule has 3 N–H and O–H groups in total. The Labute approximate surface area is 111 Å². The van der Waals surface area contributed by atoms with Crippen molar-refractivity contribution in [2.75, 3.05) is 0 Å². The average molecular weight is 252 g/mol. The van der Waals surface area contributed by atoms with Crippen LogP contribution in [0.25, 0.3) is 22.2 Å². The monoisotopic (exact) mass is 252 g/mol. The number of rotatable bonds is 2. The maximum Gasteiger partial charge on any atom is 0.0954 e. The van der Waals surface area contributed by atoms with Crippen molar-refractivity contribution in [3.05, 3.63) is 47.3 Å². The van der Waals surface area contributed by atoms with Crippen LogP contribution >= 0.6 is 0 Å². The zero-order valence-corrected chi connectivity index (χ0v) is 11.1. The fourth-order valence-corrected chi connectivity index (χ4v) is 2.28. The number of fused-ring (bicyclic) bond motifs is 1. The molecule has 19 heavy (non-hydrogen) atoms. The first kappa shape index (κ1) is 11.9. The van der Waals surface area contributed by atoms with E-state index in [4.69, 9.17) is 5.73 Å². The lowest BCUT2D eigenvalue weighted by Crippen LogP contribution is -2.03. The summed E-state index contributed by atoms with van der Waals surface area (Å²) in [7, 11) is 0. The van der Waals surface area contributed by atoms with Crippen LogP contribution in [0.15, 0.2) is 30.5 Å². The number of nitrogens with two attached hydrogens (primary N) is 1. The SMILES string of the molecule is Cc1ccc2[nH]cc(-c3cc(CN)c(C)nn3)c2c1. The van der Waals surface area contributed by atoms with Crippen molar-refractivity contribution >= 4 is 10.9 Å². The standard InChI is InChI=1S/C15H16N4/c1-9-3-4-14-12(5-9)13(8-17-14)15-6-11(7-16)10(2)18-19-15/h3-6,8,17H,7,16H2,1-2H3. The maximum absolute atomic E-state index is 5.73. The molecule has 0 aliphatic rings. The van der Waals surface area contributed by atoms with Gasteiger partial charge in [-0.05, 0) is 37.6 Å². The van der Waals surface area contributed by atoms with Crippen LogP contribution in [0.4, 0.5) is 0 Å². The minimum absolute atomic E-state index is 0.482. The molecule has 0 radical (unpaired) electrons. The lowest BCUT2D eigenvalue weighted by molar-refractivity contribution is 0.925.